The van der Waals surface area contributed by atoms with Gasteiger partial charge in [0, 0.05) is 37.7 Å². The van der Waals surface area contributed by atoms with Crippen molar-refractivity contribution < 1.29 is 27.1 Å². The maximum atomic E-state index is 13.5. The monoisotopic (exact) mass is 407 g/mol. The zero-order chi connectivity index (χ0) is 21.1. The molecule has 1 aliphatic rings. The van der Waals surface area contributed by atoms with E-state index >= 15 is 0 Å². The highest BCUT2D eigenvalue weighted by molar-refractivity contribution is 5.82. The summed E-state index contributed by atoms with van der Waals surface area (Å²) in [5.74, 6) is -1.70. The molecule has 1 saturated heterocycles. The largest absolute Gasteiger partial charge is 0.419 e. The van der Waals surface area contributed by atoms with Crippen LogP contribution in [0.3, 0.4) is 0 Å². The van der Waals surface area contributed by atoms with E-state index in [1.54, 1.807) is 6.07 Å². The molecular weight excluding hydrogens is 390 g/mol. The van der Waals surface area contributed by atoms with Gasteiger partial charge < -0.3 is 4.74 Å². The van der Waals surface area contributed by atoms with Gasteiger partial charge >= 0.3 is 6.18 Å². The Balaban J connectivity index is 1.84. The maximum absolute atomic E-state index is 13.5. The quantitative estimate of drug-likeness (QED) is 0.706. The Bertz CT molecular complexity index is 947. The van der Waals surface area contributed by atoms with Gasteiger partial charge in [-0.15, -0.1) is 0 Å². The number of ketones is 1. The summed E-state index contributed by atoms with van der Waals surface area (Å²) in [4.78, 5) is 20.8. The van der Waals surface area contributed by atoms with E-state index in [0.29, 0.717) is 37.8 Å². The molecule has 1 aliphatic heterocycles. The molecule has 0 radical (unpaired) electrons. The number of Topliss-reactive ketones (excluding diaryl/α,β-unsaturated/α-hetero) is 1. The number of nitrogens with zero attached hydrogens (tertiary/aromatic N) is 3. The first-order valence-electron chi connectivity index (χ1n) is 8.92. The number of rotatable bonds is 5. The average molecular weight is 407 g/mol. The second-order valence-corrected chi connectivity index (χ2v) is 6.97. The van der Waals surface area contributed by atoms with E-state index in [4.69, 9.17) is 10.00 Å². The number of benzene rings is 1. The third-order valence-electron chi connectivity index (χ3n) is 5.02. The lowest BCUT2D eigenvalue weighted by Crippen LogP contribution is -2.37. The topological polar surface area (TPSA) is 75.9 Å². The first-order chi connectivity index (χ1) is 13.7. The van der Waals surface area contributed by atoms with E-state index in [1.165, 1.54) is 12.3 Å². The Labute approximate surface area is 164 Å². The minimum atomic E-state index is -4.83. The molecule has 1 aromatic heterocycles. The van der Waals surface area contributed by atoms with Crippen LogP contribution in [0.1, 0.15) is 41.9 Å². The van der Waals surface area contributed by atoms with Gasteiger partial charge in [-0.1, -0.05) is 6.07 Å². The lowest BCUT2D eigenvalue weighted by atomic mass is 9.72. The van der Waals surface area contributed by atoms with Gasteiger partial charge in [0.2, 0.25) is 5.82 Å². The number of aromatic nitrogens is 2. The third-order valence-corrected chi connectivity index (χ3v) is 5.02. The number of alkyl halides is 3. The number of halogens is 4. The predicted molar refractivity (Wildman–Crippen MR) is 93.2 cm³/mol. The van der Waals surface area contributed by atoms with Crippen molar-refractivity contribution in [2.75, 3.05) is 13.2 Å². The summed E-state index contributed by atoms with van der Waals surface area (Å²) >= 11 is 0. The van der Waals surface area contributed by atoms with Gasteiger partial charge in [-0.3, -0.25) is 4.79 Å². The average Bonchev–Trinajstić information content (AvgIpc) is 2.69. The van der Waals surface area contributed by atoms with Crippen LogP contribution in [0.25, 0.3) is 0 Å². The van der Waals surface area contributed by atoms with Gasteiger partial charge in [-0.2, -0.15) is 18.4 Å². The predicted octanol–water partition coefficient (Wildman–Crippen LogP) is 3.76. The van der Waals surface area contributed by atoms with E-state index in [9.17, 15) is 22.4 Å². The van der Waals surface area contributed by atoms with Crippen molar-refractivity contribution in [3.05, 3.63) is 58.9 Å². The lowest BCUT2D eigenvalue weighted by molar-refractivity contribution is -0.140. The van der Waals surface area contributed by atoms with Crippen molar-refractivity contribution in [2.24, 2.45) is 0 Å². The van der Waals surface area contributed by atoms with E-state index < -0.39 is 23.0 Å². The standard InChI is InChI=1S/C20H17F4N3O2/c21-16-2-1-13(10-15(16)20(22,23)24)9-14(28)11-19(4-7-29-8-5-19)17-3-6-26-18(12-25)27-17/h1-3,6,10H,4-5,7-9,11H2. The zero-order valence-corrected chi connectivity index (χ0v) is 15.3. The van der Waals surface area contributed by atoms with Crippen molar-refractivity contribution in [1.82, 2.24) is 9.97 Å². The fraction of sp³-hybridized carbons (Fsp3) is 0.400. The van der Waals surface area contributed by atoms with Crippen LogP contribution in [-0.2, 0) is 27.5 Å². The van der Waals surface area contributed by atoms with Crippen LogP contribution >= 0.6 is 0 Å². The van der Waals surface area contributed by atoms with E-state index in [-0.39, 0.29) is 30.0 Å². The molecule has 0 spiro atoms. The molecule has 3 rings (SSSR count). The van der Waals surface area contributed by atoms with Gasteiger partial charge in [0.1, 0.15) is 17.7 Å². The Hall–Kier alpha value is -2.86. The Kier molecular flexibility index (Phi) is 5.94. The fourth-order valence-electron chi connectivity index (χ4n) is 3.56. The molecule has 0 aliphatic carbocycles. The van der Waals surface area contributed by atoms with E-state index in [0.717, 1.165) is 6.07 Å². The molecule has 2 aromatic rings. The van der Waals surface area contributed by atoms with Crippen LogP contribution in [-0.4, -0.2) is 29.0 Å². The normalized spacial score (nSPS) is 16.2. The Morgan fingerprint density at radius 1 is 1.24 bits per heavy atom. The SMILES string of the molecule is N#Cc1nccc(C2(CC(=O)Cc3ccc(F)c(C(F)(F)F)c3)CCOCC2)n1. The highest BCUT2D eigenvalue weighted by Crippen LogP contribution is 2.38. The van der Waals surface area contributed by atoms with Gasteiger partial charge in [-0.05, 0) is 36.6 Å². The fourth-order valence-corrected chi connectivity index (χ4v) is 3.56. The summed E-state index contributed by atoms with van der Waals surface area (Å²) in [6.07, 6.45) is -2.66. The van der Waals surface area contributed by atoms with E-state index in [1.807, 2.05) is 6.07 Å². The Morgan fingerprint density at radius 2 is 1.97 bits per heavy atom. The van der Waals surface area contributed by atoms with Crippen LogP contribution in [0.4, 0.5) is 17.6 Å². The van der Waals surface area contributed by atoms with Crippen molar-refractivity contribution in [3.63, 3.8) is 0 Å². The lowest BCUT2D eigenvalue weighted by Gasteiger charge is -2.36. The molecule has 9 heteroatoms. The molecule has 29 heavy (non-hydrogen) atoms. The Morgan fingerprint density at radius 3 is 2.62 bits per heavy atom. The number of nitriles is 1. The van der Waals surface area contributed by atoms with Crippen LogP contribution in [0.15, 0.2) is 30.5 Å². The molecule has 0 saturated carbocycles. The molecular formula is C20H17F4N3O2. The summed E-state index contributed by atoms with van der Waals surface area (Å²) < 4.78 is 57.6. The molecule has 0 atom stereocenters. The van der Waals surface area contributed by atoms with Crippen LogP contribution in [0.5, 0.6) is 0 Å². The molecule has 5 nitrogen and oxygen atoms in total. The second-order valence-electron chi connectivity index (χ2n) is 6.97. The van der Waals surface area contributed by atoms with Crippen molar-refractivity contribution in [2.45, 2.75) is 37.3 Å². The van der Waals surface area contributed by atoms with Gasteiger partial charge in [0.25, 0.3) is 0 Å². The van der Waals surface area contributed by atoms with Gasteiger partial charge in [-0.25, -0.2) is 14.4 Å². The molecule has 0 bridgehead atoms. The van der Waals surface area contributed by atoms with Crippen molar-refractivity contribution in [3.8, 4) is 6.07 Å². The molecule has 0 N–H and O–H groups in total. The van der Waals surface area contributed by atoms with Crippen LogP contribution in [0.2, 0.25) is 0 Å². The smallest absolute Gasteiger partial charge is 0.381 e. The minimum absolute atomic E-state index is 0.0193. The molecule has 0 amide bonds. The summed E-state index contributed by atoms with van der Waals surface area (Å²) in [5, 5.41) is 9.05. The number of hydrogen-bond acceptors (Lipinski definition) is 5. The highest BCUT2D eigenvalue weighted by Gasteiger charge is 2.38. The first-order valence-corrected chi connectivity index (χ1v) is 8.92. The van der Waals surface area contributed by atoms with Crippen LogP contribution < -0.4 is 0 Å². The first kappa shape index (κ1) is 20.9. The molecule has 1 fully saturated rings. The summed E-state index contributed by atoms with van der Waals surface area (Å²) in [5.41, 5.74) is -1.45. The minimum Gasteiger partial charge on any atom is -0.381 e. The number of carbonyl (C=O) groups is 1. The molecule has 2 heterocycles. The zero-order valence-electron chi connectivity index (χ0n) is 15.3. The van der Waals surface area contributed by atoms with Gasteiger partial charge in [0.15, 0.2) is 0 Å². The summed E-state index contributed by atoms with van der Waals surface area (Å²) in [7, 11) is 0. The molecule has 152 valence electrons. The highest BCUT2D eigenvalue weighted by atomic mass is 19.4. The van der Waals surface area contributed by atoms with Gasteiger partial charge in [0.05, 0.1) is 11.3 Å². The number of carbonyl (C=O) groups excluding carboxylic acids is 1. The number of hydrogen-bond donors (Lipinski definition) is 0. The number of ether oxygens (including phenoxy) is 1. The maximum Gasteiger partial charge on any atom is 0.419 e. The van der Waals surface area contributed by atoms with Crippen LogP contribution in [0, 0.1) is 17.1 Å². The second kappa shape index (κ2) is 8.25. The summed E-state index contributed by atoms with van der Waals surface area (Å²) in [6.45, 7) is 0.794. The third kappa shape index (κ3) is 4.77. The van der Waals surface area contributed by atoms with Crippen molar-refractivity contribution >= 4 is 5.78 Å². The summed E-state index contributed by atoms with van der Waals surface area (Å²) in [6, 6.07) is 6.07. The van der Waals surface area contributed by atoms with E-state index in [2.05, 4.69) is 9.97 Å². The van der Waals surface area contributed by atoms with Crippen molar-refractivity contribution in [1.29, 1.82) is 5.26 Å². The molecule has 1 aromatic carbocycles. The molecule has 0 unspecified atom stereocenters.